The predicted octanol–water partition coefficient (Wildman–Crippen LogP) is 2.67. The van der Waals surface area contributed by atoms with Gasteiger partial charge in [-0.3, -0.25) is 4.79 Å². The number of benzene rings is 1. The number of nitrogens with zero attached hydrogens (tertiary/aromatic N) is 3. The Morgan fingerprint density at radius 2 is 2.13 bits per heavy atom. The molecule has 0 saturated carbocycles. The lowest BCUT2D eigenvalue weighted by molar-refractivity contribution is -0.121. The van der Waals surface area contributed by atoms with Gasteiger partial charge in [0.25, 0.3) is 0 Å². The zero-order valence-electron chi connectivity index (χ0n) is 12.9. The van der Waals surface area contributed by atoms with E-state index in [0.29, 0.717) is 13.1 Å². The van der Waals surface area contributed by atoms with Gasteiger partial charge in [0, 0.05) is 35.8 Å². The molecule has 0 atom stereocenters. The second-order valence-electron chi connectivity index (χ2n) is 5.21. The highest BCUT2D eigenvalue weighted by Crippen LogP contribution is 2.27. The minimum atomic E-state index is -0.0143. The smallest absolute Gasteiger partial charge is 0.239 e. The van der Waals surface area contributed by atoms with Crippen LogP contribution < -0.4 is 5.32 Å². The molecule has 1 N–H and O–H groups in total. The number of hydrogen-bond acceptors (Lipinski definition) is 4. The average Bonchev–Trinajstić information content (AvgIpc) is 3.18. The van der Waals surface area contributed by atoms with Crippen molar-refractivity contribution in [1.29, 1.82) is 0 Å². The van der Waals surface area contributed by atoms with Gasteiger partial charge in [0.2, 0.25) is 5.91 Å². The van der Waals surface area contributed by atoms with Crippen molar-refractivity contribution in [3.63, 3.8) is 0 Å². The topological polar surface area (TPSA) is 59.8 Å². The third-order valence-electron chi connectivity index (χ3n) is 3.43. The summed E-state index contributed by atoms with van der Waals surface area (Å²) in [5.74, 6) is -0.0143. The summed E-state index contributed by atoms with van der Waals surface area (Å²) in [5.41, 5.74) is 2.17. The molecular weight excluding hydrogens is 308 g/mol. The number of imidazole rings is 1. The highest BCUT2D eigenvalue weighted by atomic mass is 32.1. The molecule has 3 rings (SSSR count). The van der Waals surface area contributed by atoms with E-state index in [-0.39, 0.29) is 5.91 Å². The molecule has 1 aromatic carbocycles. The SMILES string of the molecule is Cc1sc(CCNC(=O)Cn2ccnc2)nc1-c1ccccc1. The molecule has 2 aromatic heterocycles. The van der Waals surface area contributed by atoms with Crippen molar-refractivity contribution in [1.82, 2.24) is 19.9 Å². The highest BCUT2D eigenvalue weighted by molar-refractivity contribution is 7.12. The van der Waals surface area contributed by atoms with Crippen LogP contribution in [0.2, 0.25) is 0 Å². The molecule has 0 aliphatic rings. The molecule has 1 amide bonds. The van der Waals surface area contributed by atoms with Gasteiger partial charge in [0.1, 0.15) is 6.54 Å². The number of amides is 1. The number of carbonyl (C=O) groups excluding carboxylic acids is 1. The quantitative estimate of drug-likeness (QED) is 0.757. The van der Waals surface area contributed by atoms with Gasteiger partial charge in [0.05, 0.1) is 17.0 Å². The van der Waals surface area contributed by atoms with Crippen LogP contribution in [0.1, 0.15) is 9.88 Å². The van der Waals surface area contributed by atoms with Gasteiger partial charge in [-0.05, 0) is 6.92 Å². The van der Waals surface area contributed by atoms with E-state index < -0.39 is 0 Å². The Kier molecular flexibility index (Phi) is 4.83. The number of aryl methyl sites for hydroxylation is 1. The van der Waals surface area contributed by atoms with Crippen LogP contribution in [0.15, 0.2) is 49.1 Å². The Hall–Kier alpha value is -2.47. The lowest BCUT2D eigenvalue weighted by Crippen LogP contribution is -2.29. The maximum absolute atomic E-state index is 11.8. The molecule has 118 valence electrons. The van der Waals surface area contributed by atoms with E-state index in [0.717, 1.165) is 22.7 Å². The van der Waals surface area contributed by atoms with Crippen LogP contribution in [0.4, 0.5) is 0 Å². The van der Waals surface area contributed by atoms with Crippen LogP contribution in [0.25, 0.3) is 11.3 Å². The van der Waals surface area contributed by atoms with Crippen LogP contribution in [0.5, 0.6) is 0 Å². The predicted molar refractivity (Wildman–Crippen MR) is 91.2 cm³/mol. The van der Waals surface area contributed by atoms with Crippen LogP contribution >= 0.6 is 11.3 Å². The third kappa shape index (κ3) is 4.04. The van der Waals surface area contributed by atoms with Crippen molar-refractivity contribution in [2.45, 2.75) is 19.9 Å². The van der Waals surface area contributed by atoms with Gasteiger partial charge in [-0.25, -0.2) is 9.97 Å². The molecule has 3 aromatic rings. The minimum Gasteiger partial charge on any atom is -0.354 e. The second kappa shape index (κ2) is 7.19. The third-order valence-corrected chi connectivity index (χ3v) is 4.47. The van der Waals surface area contributed by atoms with E-state index in [2.05, 4.69) is 29.4 Å². The maximum atomic E-state index is 11.8. The number of aromatic nitrogens is 3. The Morgan fingerprint density at radius 3 is 2.87 bits per heavy atom. The second-order valence-corrected chi connectivity index (χ2v) is 6.50. The first-order chi connectivity index (χ1) is 11.2. The highest BCUT2D eigenvalue weighted by Gasteiger charge is 2.10. The van der Waals surface area contributed by atoms with Crippen molar-refractivity contribution in [3.8, 4) is 11.3 Å². The number of rotatable bonds is 6. The molecule has 23 heavy (non-hydrogen) atoms. The van der Waals surface area contributed by atoms with Gasteiger partial charge < -0.3 is 9.88 Å². The van der Waals surface area contributed by atoms with Crippen LogP contribution in [-0.4, -0.2) is 27.0 Å². The number of hydrogen-bond donors (Lipinski definition) is 1. The molecule has 0 aliphatic carbocycles. The summed E-state index contributed by atoms with van der Waals surface area (Å²) in [7, 11) is 0. The van der Waals surface area contributed by atoms with Gasteiger partial charge in [-0.2, -0.15) is 0 Å². The fourth-order valence-corrected chi connectivity index (χ4v) is 3.29. The molecule has 6 heteroatoms. The molecular formula is C17H18N4OS. The van der Waals surface area contributed by atoms with E-state index >= 15 is 0 Å². The molecule has 0 aliphatic heterocycles. The Morgan fingerprint density at radius 1 is 1.30 bits per heavy atom. The van der Waals surface area contributed by atoms with Crippen molar-refractivity contribution in [2.24, 2.45) is 0 Å². The van der Waals surface area contributed by atoms with E-state index in [9.17, 15) is 4.79 Å². The molecule has 0 saturated heterocycles. The first kappa shape index (κ1) is 15.4. The monoisotopic (exact) mass is 326 g/mol. The van der Waals surface area contributed by atoms with Crippen LogP contribution in [0.3, 0.4) is 0 Å². The summed E-state index contributed by atoms with van der Waals surface area (Å²) < 4.78 is 1.75. The molecule has 5 nitrogen and oxygen atoms in total. The lowest BCUT2D eigenvalue weighted by atomic mass is 10.1. The summed E-state index contributed by atoms with van der Waals surface area (Å²) in [6.45, 7) is 2.97. The zero-order chi connectivity index (χ0) is 16.1. The van der Waals surface area contributed by atoms with Crippen LogP contribution in [-0.2, 0) is 17.8 Å². The number of nitrogens with one attached hydrogen (secondary N) is 1. The first-order valence-electron chi connectivity index (χ1n) is 7.46. The van der Waals surface area contributed by atoms with Gasteiger partial charge in [0.15, 0.2) is 0 Å². The Labute approximate surface area is 139 Å². The summed E-state index contributed by atoms with van der Waals surface area (Å²) in [4.78, 5) is 21.6. The van der Waals surface area contributed by atoms with E-state index in [1.54, 1.807) is 34.6 Å². The van der Waals surface area contributed by atoms with Crippen molar-refractivity contribution in [3.05, 3.63) is 58.9 Å². The Bertz CT molecular complexity index is 765. The number of thiazole rings is 1. The van der Waals surface area contributed by atoms with E-state index in [4.69, 9.17) is 4.98 Å². The maximum Gasteiger partial charge on any atom is 0.239 e. The van der Waals surface area contributed by atoms with Crippen molar-refractivity contribution in [2.75, 3.05) is 6.54 Å². The standard InChI is InChI=1S/C17H18N4OS/c1-13-17(14-5-3-2-4-6-14)20-16(23-13)7-8-19-15(22)11-21-10-9-18-12-21/h2-6,9-10,12H,7-8,11H2,1H3,(H,19,22). The van der Waals surface area contributed by atoms with Crippen LogP contribution in [0, 0.1) is 6.92 Å². The fourth-order valence-electron chi connectivity index (χ4n) is 2.33. The largest absolute Gasteiger partial charge is 0.354 e. The summed E-state index contributed by atoms with van der Waals surface area (Å²) in [5, 5.41) is 3.96. The lowest BCUT2D eigenvalue weighted by Gasteiger charge is -2.04. The van der Waals surface area contributed by atoms with Crippen molar-refractivity contribution >= 4 is 17.2 Å². The minimum absolute atomic E-state index is 0.0143. The fraction of sp³-hybridized carbons (Fsp3) is 0.235. The first-order valence-corrected chi connectivity index (χ1v) is 8.28. The zero-order valence-corrected chi connectivity index (χ0v) is 13.7. The summed E-state index contributed by atoms with van der Waals surface area (Å²) >= 11 is 1.69. The van der Waals surface area contributed by atoms with E-state index in [1.807, 2.05) is 18.2 Å². The Balaban J connectivity index is 1.54. The summed E-state index contributed by atoms with van der Waals surface area (Å²) in [6.07, 6.45) is 5.82. The molecule has 0 radical (unpaired) electrons. The average molecular weight is 326 g/mol. The molecule has 0 fully saturated rings. The normalized spacial score (nSPS) is 10.7. The van der Waals surface area contributed by atoms with Crippen molar-refractivity contribution < 1.29 is 4.79 Å². The number of carbonyl (C=O) groups is 1. The molecule has 0 unspecified atom stereocenters. The van der Waals surface area contributed by atoms with Gasteiger partial charge in [-0.1, -0.05) is 30.3 Å². The van der Waals surface area contributed by atoms with Gasteiger partial charge in [-0.15, -0.1) is 11.3 Å². The van der Waals surface area contributed by atoms with E-state index in [1.165, 1.54) is 4.88 Å². The molecule has 0 spiro atoms. The molecule has 0 bridgehead atoms. The van der Waals surface area contributed by atoms with Gasteiger partial charge >= 0.3 is 0 Å². The molecule has 2 heterocycles. The summed E-state index contributed by atoms with van der Waals surface area (Å²) in [6, 6.07) is 10.2.